The molecule has 1 aromatic heterocycles. The number of hydrogen-bond donors (Lipinski definition) is 1. The number of carbonyl (C=O) groups excluding carboxylic acids is 1. The average molecular weight is 465 g/mol. The van der Waals surface area contributed by atoms with Crippen LogP contribution in [0.25, 0.3) is 16.9 Å². The molecule has 1 fully saturated rings. The van der Waals surface area contributed by atoms with Crippen molar-refractivity contribution in [2.75, 3.05) is 53.6 Å². The first-order chi connectivity index (χ1) is 16.5. The van der Waals surface area contributed by atoms with Crippen LogP contribution in [0.1, 0.15) is 21.6 Å². The molecule has 0 spiro atoms. The van der Waals surface area contributed by atoms with Crippen LogP contribution in [-0.4, -0.2) is 74.2 Å². The van der Waals surface area contributed by atoms with Gasteiger partial charge in [-0.05, 0) is 43.7 Å². The van der Waals surface area contributed by atoms with Gasteiger partial charge in [0.05, 0.1) is 38.8 Å². The Hall–Kier alpha value is -3.36. The van der Waals surface area contributed by atoms with Crippen LogP contribution in [-0.2, 0) is 4.74 Å². The minimum atomic E-state index is -0.167. The SMILES string of the molecule is COc1ccc(-c2cc(C(=O)NCCN3CCOCC3)n(-c3ccc(C)cc3C)n2)c(OC)c1. The number of methoxy groups -OCH3 is 2. The van der Waals surface area contributed by atoms with E-state index in [0.717, 1.165) is 55.2 Å². The second kappa shape index (κ2) is 10.7. The van der Waals surface area contributed by atoms with Gasteiger partial charge in [0.15, 0.2) is 0 Å². The number of nitrogens with zero attached hydrogens (tertiary/aromatic N) is 3. The maximum Gasteiger partial charge on any atom is 0.270 e. The Morgan fingerprint density at radius 2 is 1.85 bits per heavy atom. The lowest BCUT2D eigenvalue weighted by Gasteiger charge is -2.26. The molecule has 2 heterocycles. The van der Waals surface area contributed by atoms with Gasteiger partial charge in [-0.15, -0.1) is 0 Å². The number of rotatable bonds is 8. The Labute approximate surface area is 200 Å². The largest absolute Gasteiger partial charge is 0.497 e. The second-order valence-electron chi connectivity index (χ2n) is 8.39. The summed E-state index contributed by atoms with van der Waals surface area (Å²) >= 11 is 0. The van der Waals surface area contributed by atoms with Crippen LogP contribution in [0.5, 0.6) is 11.5 Å². The molecule has 0 saturated carbocycles. The quantitative estimate of drug-likeness (QED) is 0.552. The zero-order valence-corrected chi connectivity index (χ0v) is 20.3. The number of nitrogens with one attached hydrogen (secondary N) is 1. The lowest BCUT2D eigenvalue weighted by atomic mass is 10.1. The molecule has 1 aliphatic rings. The number of aryl methyl sites for hydroxylation is 2. The van der Waals surface area contributed by atoms with Crippen molar-refractivity contribution in [1.82, 2.24) is 20.0 Å². The maximum absolute atomic E-state index is 13.3. The van der Waals surface area contributed by atoms with Gasteiger partial charge >= 0.3 is 0 Å². The number of ether oxygens (including phenoxy) is 3. The number of morpholine rings is 1. The van der Waals surface area contributed by atoms with Crippen molar-refractivity contribution in [3.05, 3.63) is 59.3 Å². The number of aromatic nitrogens is 2. The zero-order valence-electron chi connectivity index (χ0n) is 20.3. The highest BCUT2D eigenvalue weighted by atomic mass is 16.5. The van der Waals surface area contributed by atoms with Crippen LogP contribution in [0.2, 0.25) is 0 Å². The number of hydrogen-bond acceptors (Lipinski definition) is 6. The van der Waals surface area contributed by atoms with Gasteiger partial charge in [0.2, 0.25) is 0 Å². The van der Waals surface area contributed by atoms with Crippen LogP contribution < -0.4 is 14.8 Å². The van der Waals surface area contributed by atoms with E-state index in [-0.39, 0.29) is 5.91 Å². The molecule has 1 amide bonds. The van der Waals surface area contributed by atoms with Gasteiger partial charge in [-0.25, -0.2) is 4.68 Å². The summed E-state index contributed by atoms with van der Waals surface area (Å²) < 4.78 is 18.0. The summed E-state index contributed by atoms with van der Waals surface area (Å²) in [7, 11) is 3.22. The minimum absolute atomic E-state index is 0.167. The molecular formula is C26H32N4O4. The van der Waals surface area contributed by atoms with Gasteiger partial charge in [0, 0.05) is 37.8 Å². The third-order valence-corrected chi connectivity index (χ3v) is 6.02. The first-order valence-electron chi connectivity index (χ1n) is 11.5. The monoisotopic (exact) mass is 464 g/mol. The highest BCUT2D eigenvalue weighted by Crippen LogP contribution is 2.33. The summed E-state index contributed by atoms with van der Waals surface area (Å²) in [6.45, 7) is 8.66. The first-order valence-corrected chi connectivity index (χ1v) is 11.5. The third-order valence-electron chi connectivity index (χ3n) is 6.02. The smallest absolute Gasteiger partial charge is 0.270 e. The van der Waals surface area contributed by atoms with Crippen molar-refractivity contribution in [2.45, 2.75) is 13.8 Å². The lowest BCUT2D eigenvalue weighted by Crippen LogP contribution is -2.41. The molecule has 0 aliphatic carbocycles. The summed E-state index contributed by atoms with van der Waals surface area (Å²) in [6.07, 6.45) is 0. The molecule has 8 nitrogen and oxygen atoms in total. The fourth-order valence-corrected chi connectivity index (χ4v) is 4.15. The standard InChI is InChI=1S/C26H32N4O4/c1-18-5-8-23(19(2)15-18)30-24(26(31)27-9-10-29-11-13-34-14-12-29)17-22(28-30)21-7-6-20(32-3)16-25(21)33-4/h5-8,15-17H,9-14H2,1-4H3,(H,27,31). The van der Waals surface area contributed by atoms with Crippen molar-refractivity contribution >= 4 is 5.91 Å². The molecule has 1 N–H and O–H groups in total. The van der Waals surface area contributed by atoms with Crippen molar-refractivity contribution in [3.63, 3.8) is 0 Å². The molecule has 0 radical (unpaired) electrons. The molecule has 4 rings (SSSR count). The van der Waals surface area contributed by atoms with Crippen molar-refractivity contribution in [2.24, 2.45) is 0 Å². The molecule has 34 heavy (non-hydrogen) atoms. The van der Waals surface area contributed by atoms with E-state index < -0.39 is 0 Å². The van der Waals surface area contributed by atoms with E-state index in [1.807, 2.05) is 50.2 Å². The molecule has 1 saturated heterocycles. The minimum Gasteiger partial charge on any atom is -0.497 e. The second-order valence-corrected chi connectivity index (χ2v) is 8.39. The van der Waals surface area contributed by atoms with Crippen LogP contribution in [0, 0.1) is 13.8 Å². The molecule has 1 aliphatic heterocycles. The maximum atomic E-state index is 13.3. The summed E-state index contributed by atoms with van der Waals surface area (Å²) in [5, 5.41) is 7.90. The van der Waals surface area contributed by atoms with Gasteiger partial charge in [0.25, 0.3) is 5.91 Å². The predicted octanol–water partition coefficient (Wildman–Crippen LogP) is 3.24. The highest BCUT2D eigenvalue weighted by molar-refractivity contribution is 5.94. The fourth-order valence-electron chi connectivity index (χ4n) is 4.15. The van der Waals surface area contributed by atoms with Gasteiger partial charge in [-0.2, -0.15) is 5.10 Å². The van der Waals surface area contributed by atoms with E-state index in [1.165, 1.54) is 0 Å². The Bertz CT molecular complexity index is 1150. The van der Waals surface area contributed by atoms with Crippen LogP contribution in [0.4, 0.5) is 0 Å². The van der Waals surface area contributed by atoms with Gasteiger partial charge in [-0.3, -0.25) is 9.69 Å². The van der Waals surface area contributed by atoms with E-state index in [9.17, 15) is 4.79 Å². The Kier molecular flexibility index (Phi) is 7.49. The van der Waals surface area contributed by atoms with E-state index in [2.05, 4.69) is 16.3 Å². The third kappa shape index (κ3) is 5.24. The molecule has 0 bridgehead atoms. The molecule has 8 heteroatoms. The molecule has 180 valence electrons. The number of benzene rings is 2. The Balaban J connectivity index is 1.66. The topological polar surface area (TPSA) is 77.9 Å². The van der Waals surface area contributed by atoms with Crippen molar-refractivity contribution < 1.29 is 19.0 Å². The molecule has 0 atom stereocenters. The summed E-state index contributed by atoms with van der Waals surface area (Å²) in [6, 6.07) is 13.5. The van der Waals surface area contributed by atoms with E-state index >= 15 is 0 Å². The summed E-state index contributed by atoms with van der Waals surface area (Å²) in [5.74, 6) is 1.15. The highest BCUT2D eigenvalue weighted by Gasteiger charge is 2.21. The molecular weight excluding hydrogens is 432 g/mol. The average Bonchev–Trinajstić information content (AvgIpc) is 3.29. The number of amides is 1. The van der Waals surface area contributed by atoms with E-state index in [0.29, 0.717) is 29.4 Å². The Morgan fingerprint density at radius 3 is 2.56 bits per heavy atom. The normalized spacial score (nSPS) is 14.1. The van der Waals surface area contributed by atoms with Gasteiger partial charge < -0.3 is 19.5 Å². The van der Waals surface area contributed by atoms with Crippen LogP contribution >= 0.6 is 0 Å². The number of carbonyl (C=O) groups is 1. The van der Waals surface area contributed by atoms with E-state index in [1.54, 1.807) is 18.9 Å². The van der Waals surface area contributed by atoms with E-state index in [4.69, 9.17) is 19.3 Å². The fraction of sp³-hybridized carbons (Fsp3) is 0.385. The van der Waals surface area contributed by atoms with Crippen LogP contribution in [0.3, 0.4) is 0 Å². The van der Waals surface area contributed by atoms with Crippen LogP contribution in [0.15, 0.2) is 42.5 Å². The molecule has 0 unspecified atom stereocenters. The predicted molar refractivity (Wildman–Crippen MR) is 131 cm³/mol. The van der Waals surface area contributed by atoms with Crippen molar-refractivity contribution in [3.8, 4) is 28.4 Å². The summed E-state index contributed by atoms with van der Waals surface area (Å²) in [4.78, 5) is 15.6. The van der Waals surface area contributed by atoms with Gasteiger partial charge in [0.1, 0.15) is 17.2 Å². The van der Waals surface area contributed by atoms with Crippen molar-refractivity contribution in [1.29, 1.82) is 0 Å². The first kappa shape index (κ1) is 23.8. The summed E-state index contributed by atoms with van der Waals surface area (Å²) in [5.41, 5.74) is 4.97. The lowest BCUT2D eigenvalue weighted by molar-refractivity contribution is 0.0383. The van der Waals surface area contributed by atoms with Gasteiger partial charge in [-0.1, -0.05) is 17.7 Å². The Morgan fingerprint density at radius 1 is 1.06 bits per heavy atom. The molecule has 3 aromatic rings. The molecule has 2 aromatic carbocycles. The zero-order chi connectivity index (χ0) is 24.1.